The standard InChI is InChI=1S/C17H24N2O4S/c1-10-5-6-12-11(7-10)8-13(24-12)15(21)23-9-14(20)18-16(22)19-17(2,3)4/h8,10H,5-7,9H2,1-4H3,(H2,18,19,20,22)/t10-/m1/s1. The molecule has 0 fully saturated rings. The lowest BCUT2D eigenvalue weighted by Crippen LogP contribution is -2.49. The number of fused-ring (bicyclic) bond motifs is 1. The number of aryl methyl sites for hydroxylation is 1. The van der Waals surface area contributed by atoms with E-state index in [0.717, 1.165) is 19.3 Å². The van der Waals surface area contributed by atoms with Crippen molar-refractivity contribution in [2.75, 3.05) is 6.61 Å². The average Bonchev–Trinajstić information content (AvgIpc) is 2.85. The summed E-state index contributed by atoms with van der Waals surface area (Å²) in [6, 6.07) is 1.26. The number of imide groups is 1. The van der Waals surface area contributed by atoms with E-state index in [1.54, 1.807) is 20.8 Å². The topological polar surface area (TPSA) is 84.5 Å². The highest BCUT2D eigenvalue weighted by molar-refractivity contribution is 7.14. The van der Waals surface area contributed by atoms with Crippen molar-refractivity contribution in [3.63, 3.8) is 0 Å². The number of thiophene rings is 1. The summed E-state index contributed by atoms with van der Waals surface area (Å²) in [4.78, 5) is 37.0. The quantitative estimate of drug-likeness (QED) is 0.819. The van der Waals surface area contributed by atoms with Gasteiger partial charge in [-0.1, -0.05) is 6.92 Å². The van der Waals surface area contributed by atoms with Gasteiger partial charge in [0.15, 0.2) is 6.61 Å². The maximum Gasteiger partial charge on any atom is 0.348 e. The minimum Gasteiger partial charge on any atom is -0.451 e. The normalized spacial score (nSPS) is 16.9. The molecule has 1 aliphatic rings. The summed E-state index contributed by atoms with van der Waals surface area (Å²) in [5.41, 5.74) is 0.758. The lowest BCUT2D eigenvalue weighted by atomic mass is 9.90. The molecule has 0 saturated carbocycles. The van der Waals surface area contributed by atoms with E-state index in [2.05, 4.69) is 17.6 Å². The molecule has 7 heteroatoms. The van der Waals surface area contributed by atoms with Gasteiger partial charge in [0.1, 0.15) is 4.88 Å². The molecule has 1 aromatic rings. The second kappa shape index (κ2) is 7.34. The molecule has 0 unspecified atom stereocenters. The highest BCUT2D eigenvalue weighted by Gasteiger charge is 2.22. The van der Waals surface area contributed by atoms with Gasteiger partial charge in [0.25, 0.3) is 5.91 Å². The van der Waals surface area contributed by atoms with Crippen molar-refractivity contribution in [2.24, 2.45) is 5.92 Å². The van der Waals surface area contributed by atoms with Crippen LogP contribution in [0.5, 0.6) is 0 Å². The Labute approximate surface area is 146 Å². The lowest BCUT2D eigenvalue weighted by Gasteiger charge is -2.20. The monoisotopic (exact) mass is 352 g/mol. The number of ether oxygens (including phenoxy) is 1. The fraction of sp³-hybridized carbons (Fsp3) is 0.588. The fourth-order valence-electron chi connectivity index (χ4n) is 2.54. The second-order valence-electron chi connectivity index (χ2n) is 7.24. The first-order valence-corrected chi connectivity index (χ1v) is 8.86. The van der Waals surface area contributed by atoms with Crippen LogP contribution in [0.25, 0.3) is 0 Å². The number of carbonyl (C=O) groups excluding carboxylic acids is 3. The van der Waals surface area contributed by atoms with Gasteiger partial charge in [-0.2, -0.15) is 0 Å². The van der Waals surface area contributed by atoms with E-state index in [1.165, 1.54) is 21.8 Å². The van der Waals surface area contributed by atoms with Crippen LogP contribution in [0, 0.1) is 5.92 Å². The number of hydrogen-bond donors (Lipinski definition) is 2. The molecule has 0 aliphatic heterocycles. The van der Waals surface area contributed by atoms with E-state index in [1.807, 2.05) is 6.07 Å². The zero-order valence-electron chi connectivity index (χ0n) is 14.5. The minimum atomic E-state index is -0.653. The first-order chi connectivity index (χ1) is 11.1. The van der Waals surface area contributed by atoms with E-state index < -0.39 is 30.1 Å². The van der Waals surface area contributed by atoms with Gasteiger partial charge in [0.2, 0.25) is 0 Å². The van der Waals surface area contributed by atoms with E-state index >= 15 is 0 Å². The summed E-state index contributed by atoms with van der Waals surface area (Å²) in [5.74, 6) is -0.545. The Bertz CT molecular complexity index is 646. The maximum absolute atomic E-state index is 12.1. The molecule has 2 N–H and O–H groups in total. The van der Waals surface area contributed by atoms with Crippen molar-refractivity contribution < 1.29 is 19.1 Å². The third kappa shape index (κ3) is 5.33. The zero-order valence-corrected chi connectivity index (χ0v) is 15.3. The van der Waals surface area contributed by atoms with Crippen molar-refractivity contribution in [2.45, 2.75) is 52.5 Å². The third-order valence-electron chi connectivity index (χ3n) is 3.61. The smallest absolute Gasteiger partial charge is 0.348 e. The molecule has 0 aromatic carbocycles. The summed E-state index contributed by atoms with van der Waals surface area (Å²) < 4.78 is 5.00. The van der Waals surface area contributed by atoms with Crippen molar-refractivity contribution in [3.05, 3.63) is 21.4 Å². The molecule has 0 bridgehead atoms. The number of esters is 1. The van der Waals surface area contributed by atoms with Crippen molar-refractivity contribution in [1.82, 2.24) is 10.6 Å². The molecular weight excluding hydrogens is 328 g/mol. The Kier molecular flexibility index (Phi) is 5.64. The summed E-state index contributed by atoms with van der Waals surface area (Å²) in [6.07, 6.45) is 3.10. The van der Waals surface area contributed by atoms with Gasteiger partial charge in [-0.3, -0.25) is 10.1 Å². The van der Waals surface area contributed by atoms with Crippen molar-refractivity contribution in [1.29, 1.82) is 0 Å². The van der Waals surface area contributed by atoms with Crippen LogP contribution in [0.15, 0.2) is 6.07 Å². The molecule has 1 heterocycles. The Hall–Kier alpha value is -1.89. The average molecular weight is 352 g/mol. The van der Waals surface area contributed by atoms with Crippen LogP contribution in [0.1, 0.15) is 54.2 Å². The van der Waals surface area contributed by atoms with Crippen LogP contribution in [-0.2, 0) is 22.4 Å². The molecular formula is C17H24N2O4S. The number of amides is 3. The second-order valence-corrected chi connectivity index (χ2v) is 8.37. The van der Waals surface area contributed by atoms with Crippen LogP contribution in [0.4, 0.5) is 4.79 Å². The van der Waals surface area contributed by atoms with Gasteiger partial charge >= 0.3 is 12.0 Å². The van der Waals surface area contributed by atoms with Gasteiger partial charge in [0.05, 0.1) is 0 Å². The molecule has 6 nitrogen and oxygen atoms in total. The molecule has 2 rings (SSSR count). The highest BCUT2D eigenvalue weighted by Crippen LogP contribution is 2.32. The first kappa shape index (κ1) is 18.4. The first-order valence-electron chi connectivity index (χ1n) is 8.05. The molecule has 24 heavy (non-hydrogen) atoms. The van der Waals surface area contributed by atoms with Gasteiger partial charge in [-0.25, -0.2) is 9.59 Å². The molecule has 1 aromatic heterocycles. The van der Waals surface area contributed by atoms with Gasteiger partial charge in [-0.15, -0.1) is 11.3 Å². The fourth-order valence-corrected chi connectivity index (χ4v) is 3.65. The van der Waals surface area contributed by atoms with Crippen molar-refractivity contribution in [3.8, 4) is 0 Å². The number of hydrogen-bond acceptors (Lipinski definition) is 5. The largest absolute Gasteiger partial charge is 0.451 e. The summed E-state index contributed by atoms with van der Waals surface area (Å²) in [6.45, 7) is 7.13. The van der Waals surface area contributed by atoms with E-state index in [9.17, 15) is 14.4 Å². The van der Waals surface area contributed by atoms with Crippen LogP contribution in [-0.4, -0.2) is 30.1 Å². The van der Waals surface area contributed by atoms with Gasteiger partial charge in [0, 0.05) is 10.4 Å². The van der Waals surface area contributed by atoms with Gasteiger partial charge < -0.3 is 10.1 Å². The van der Waals surface area contributed by atoms with Crippen LogP contribution >= 0.6 is 11.3 Å². The molecule has 3 amide bonds. The van der Waals surface area contributed by atoms with Crippen LogP contribution in [0.2, 0.25) is 0 Å². The molecule has 0 radical (unpaired) electrons. The predicted molar refractivity (Wildman–Crippen MR) is 92.2 cm³/mol. The Balaban J connectivity index is 1.83. The van der Waals surface area contributed by atoms with Crippen LogP contribution < -0.4 is 10.6 Å². The number of nitrogens with one attached hydrogen (secondary N) is 2. The SMILES string of the molecule is C[C@@H]1CCc2sc(C(=O)OCC(=O)NC(=O)NC(C)(C)C)cc2C1. The van der Waals surface area contributed by atoms with Gasteiger partial charge in [-0.05, 0) is 57.6 Å². The highest BCUT2D eigenvalue weighted by atomic mass is 32.1. The van der Waals surface area contributed by atoms with E-state index in [0.29, 0.717) is 10.8 Å². The van der Waals surface area contributed by atoms with E-state index in [-0.39, 0.29) is 0 Å². The molecule has 1 aliphatic carbocycles. The number of rotatable bonds is 3. The lowest BCUT2D eigenvalue weighted by molar-refractivity contribution is -0.123. The summed E-state index contributed by atoms with van der Waals surface area (Å²) in [5, 5.41) is 4.73. The summed E-state index contributed by atoms with van der Waals surface area (Å²) in [7, 11) is 0. The maximum atomic E-state index is 12.1. The number of urea groups is 1. The zero-order chi connectivity index (χ0) is 17.9. The molecule has 1 atom stereocenters. The minimum absolute atomic E-state index is 0.450. The summed E-state index contributed by atoms with van der Waals surface area (Å²) >= 11 is 1.43. The van der Waals surface area contributed by atoms with E-state index in [4.69, 9.17) is 4.74 Å². The predicted octanol–water partition coefficient (Wildman–Crippen LogP) is 2.65. The van der Waals surface area contributed by atoms with Crippen LogP contribution in [0.3, 0.4) is 0 Å². The molecule has 0 spiro atoms. The molecule has 132 valence electrons. The van der Waals surface area contributed by atoms with Crippen molar-refractivity contribution >= 4 is 29.2 Å². The third-order valence-corrected chi connectivity index (χ3v) is 4.82. The Morgan fingerprint density at radius 1 is 1.33 bits per heavy atom. The Morgan fingerprint density at radius 3 is 2.71 bits per heavy atom. The number of carbonyl (C=O) groups is 3. The molecule has 0 saturated heterocycles. The Morgan fingerprint density at radius 2 is 2.04 bits per heavy atom.